The largest absolute Gasteiger partial charge is 0.357 e. The van der Waals surface area contributed by atoms with Crippen molar-refractivity contribution in [2.75, 3.05) is 52.4 Å². The first kappa shape index (κ1) is 22.0. The fourth-order valence-electron chi connectivity index (χ4n) is 8.63. The zero-order valence-corrected chi connectivity index (χ0v) is 20.9. The van der Waals surface area contributed by atoms with Crippen LogP contribution >= 0.6 is 0 Å². The number of nitrogens with zero attached hydrogens (tertiary/aromatic N) is 4. The minimum atomic E-state index is 0.147. The molecule has 4 heteroatoms. The van der Waals surface area contributed by atoms with Gasteiger partial charge in [-0.1, -0.05) is 27.7 Å². The van der Waals surface area contributed by atoms with Crippen LogP contribution in [0.5, 0.6) is 0 Å². The molecule has 0 aliphatic carbocycles. The topological polar surface area (TPSA) is 6.48 Å². The van der Waals surface area contributed by atoms with Crippen molar-refractivity contribution in [1.29, 1.82) is 0 Å². The summed E-state index contributed by atoms with van der Waals surface area (Å²) in [6.45, 7) is 30.8. The molecule has 1 unspecified atom stereocenters. The van der Waals surface area contributed by atoms with Gasteiger partial charge in [0.05, 0.1) is 38.3 Å². The molecule has 29 heavy (non-hydrogen) atoms. The van der Waals surface area contributed by atoms with E-state index < -0.39 is 0 Å². The van der Waals surface area contributed by atoms with Crippen molar-refractivity contribution in [3.05, 3.63) is 0 Å². The van der Waals surface area contributed by atoms with Gasteiger partial charge in [-0.05, 0) is 39.5 Å². The lowest BCUT2D eigenvalue weighted by atomic mass is 10.00. The molecule has 4 fully saturated rings. The van der Waals surface area contributed by atoms with E-state index in [1.165, 1.54) is 87.0 Å². The highest BCUT2D eigenvalue weighted by Crippen LogP contribution is 2.61. The van der Waals surface area contributed by atoms with E-state index in [1.807, 2.05) is 0 Å². The molecule has 4 aliphatic heterocycles. The highest BCUT2D eigenvalue weighted by Gasteiger charge is 2.85. The molecule has 0 bridgehead atoms. The van der Waals surface area contributed by atoms with E-state index in [9.17, 15) is 0 Å². The van der Waals surface area contributed by atoms with Gasteiger partial charge >= 0.3 is 5.91 Å². The second-order valence-electron chi connectivity index (χ2n) is 13.1. The average molecular weight is 407 g/mol. The van der Waals surface area contributed by atoms with Crippen LogP contribution in [0.25, 0.3) is 0 Å². The molecule has 4 aliphatic rings. The minimum Gasteiger partial charge on any atom is -0.241 e. The van der Waals surface area contributed by atoms with Crippen molar-refractivity contribution in [2.24, 2.45) is 11.8 Å². The van der Waals surface area contributed by atoms with E-state index in [1.54, 1.807) is 0 Å². The van der Waals surface area contributed by atoms with Crippen LogP contribution in [0.3, 0.4) is 0 Å². The van der Waals surface area contributed by atoms with Crippen LogP contribution in [0.2, 0.25) is 0 Å². The van der Waals surface area contributed by atoms with Gasteiger partial charge in [0, 0.05) is 38.8 Å². The van der Waals surface area contributed by atoms with Crippen LogP contribution < -0.4 is 0 Å². The Morgan fingerprint density at radius 1 is 0.759 bits per heavy atom. The fourth-order valence-corrected chi connectivity index (χ4v) is 8.63. The van der Waals surface area contributed by atoms with Gasteiger partial charge in [-0.2, -0.15) is 9.80 Å². The van der Waals surface area contributed by atoms with Crippen molar-refractivity contribution in [3.8, 4) is 0 Å². The quantitative estimate of drug-likeness (QED) is 0.642. The summed E-state index contributed by atoms with van der Waals surface area (Å²) in [6, 6.07) is 0. The number of quaternary nitrogens is 2. The molecule has 3 spiro atoms. The van der Waals surface area contributed by atoms with Crippen molar-refractivity contribution < 1.29 is 8.97 Å². The van der Waals surface area contributed by atoms with Gasteiger partial charge in [-0.25, -0.2) is 8.97 Å². The molecule has 0 radical (unpaired) electrons. The SMILES string of the molecule is CC(C)CN1CC(C)(C)[N+]2(CCCC2)C12N(CC(C)C)C(C)(C)C[N+]21CCCC1. The number of hydrogen-bond acceptors (Lipinski definition) is 2. The number of rotatable bonds is 4. The summed E-state index contributed by atoms with van der Waals surface area (Å²) in [5.74, 6) is 1.57. The normalized spacial score (nSPS) is 35.4. The van der Waals surface area contributed by atoms with Gasteiger partial charge in [0.1, 0.15) is 12.1 Å². The molecule has 0 aromatic carbocycles. The van der Waals surface area contributed by atoms with Gasteiger partial charge in [-0.3, -0.25) is 0 Å². The number of fused-ring (bicyclic) bond motifs is 2. The molecular weight excluding hydrogens is 356 g/mol. The summed E-state index contributed by atoms with van der Waals surface area (Å²) in [5, 5.41) is 0. The average Bonchev–Trinajstić information content (AvgIpc) is 3.29. The van der Waals surface area contributed by atoms with Crippen LogP contribution in [-0.4, -0.2) is 88.1 Å². The molecule has 4 heterocycles. The Labute approximate surface area is 181 Å². The summed E-state index contributed by atoms with van der Waals surface area (Å²) in [6.07, 6.45) is 5.67. The molecule has 0 aromatic heterocycles. The van der Waals surface area contributed by atoms with E-state index >= 15 is 0 Å². The predicted molar refractivity (Wildman–Crippen MR) is 122 cm³/mol. The Bertz CT molecular complexity index is 610. The maximum Gasteiger partial charge on any atom is 0.357 e. The van der Waals surface area contributed by atoms with Crippen molar-refractivity contribution >= 4 is 0 Å². The fraction of sp³-hybridized carbons (Fsp3) is 1.00. The summed E-state index contributed by atoms with van der Waals surface area (Å²) >= 11 is 0. The lowest BCUT2D eigenvalue weighted by Crippen LogP contribution is -2.84. The zero-order valence-electron chi connectivity index (χ0n) is 20.9. The first-order chi connectivity index (χ1) is 13.4. The molecule has 0 amide bonds. The molecule has 168 valence electrons. The summed E-state index contributed by atoms with van der Waals surface area (Å²) in [5.41, 5.74) is 0.590. The van der Waals surface area contributed by atoms with Gasteiger partial charge in [0.2, 0.25) is 0 Å². The lowest BCUT2D eigenvalue weighted by molar-refractivity contribution is -1.18. The maximum absolute atomic E-state index is 3.08. The maximum atomic E-state index is 3.08. The van der Waals surface area contributed by atoms with E-state index in [2.05, 4.69) is 65.2 Å². The molecule has 0 N–H and O–H groups in total. The van der Waals surface area contributed by atoms with Crippen LogP contribution in [0.1, 0.15) is 81.1 Å². The Morgan fingerprint density at radius 2 is 1.28 bits per heavy atom. The van der Waals surface area contributed by atoms with Crippen LogP contribution in [0.4, 0.5) is 0 Å². The molecular formula is C25H50N4+2. The van der Waals surface area contributed by atoms with Crippen molar-refractivity contribution in [2.45, 2.75) is 98.1 Å². The predicted octanol–water partition coefficient (Wildman–Crippen LogP) is 4.32. The molecule has 4 nitrogen and oxygen atoms in total. The second kappa shape index (κ2) is 6.92. The minimum absolute atomic E-state index is 0.147. The van der Waals surface area contributed by atoms with Crippen LogP contribution in [0.15, 0.2) is 0 Å². The summed E-state index contributed by atoms with van der Waals surface area (Å²) in [4.78, 5) is 6.13. The zero-order chi connectivity index (χ0) is 21.3. The van der Waals surface area contributed by atoms with Crippen molar-refractivity contribution in [1.82, 2.24) is 9.80 Å². The smallest absolute Gasteiger partial charge is 0.241 e. The summed E-state index contributed by atoms with van der Waals surface area (Å²) in [7, 11) is 0. The third-order valence-corrected chi connectivity index (χ3v) is 9.04. The van der Waals surface area contributed by atoms with E-state index in [-0.39, 0.29) is 11.4 Å². The molecule has 4 saturated heterocycles. The third-order valence-electron chi connectivity index (χ3n) is 9.04. The highest BCUT2D eigenvalue weighted by molar-refractivity contribution is 5.03. The molecule has 1 atom stereocenters. The van der Waals surface area contributed by atoms with Gasteiger partial charge in [0.25, 0.3) is 0 Å². The van der Waals surface area contributed by atoms with E-state index in [0.717, 1.165) is 5.92 Å². The Kier molecular flexibility index (Phi) is 5.26. The third kappa shape index (κ3) is 2.78. The number of hydrogen-bond donors (Lipinski definition) is 0. The van der Waals surface area contributed by atoms with Gasteiger partial charge in [-0.15, -0.1) is 0 Å². The first-order valence-corrected chi connectivity index (χ1v) is 12.7. The van der Waals surface area contributed by atoms with Gasteiger partial charge in [0.15, 0.2) is 0 Å². The Hall–Kier alpha value is -0.160. The van der Waals surface area contributed by atoms with Crippen LogP contribution in [-0.2, 0) is 0 Å². The highest BCUT2D eigenvalue weighted by atomic mass is 15.9. The van der Waals surface area contributed by atoms with Crippen molar-refractivity contribution in [3.63, 3.8) is 0 Å². The van der Waals surface area contributed by atoms with Crippen LogP contribution in [0, 0.1) is 11.8 Å². The second-order valence-corrected chi connectivity index (χ2v) is 13.1. The first-order valence-electron chi connectivity index (χ1n) is 12.7. The standard InChI is InChI=1S/C25H50N4/c1-21(2)17-26-19-24(7,8)29(15-11-12-16-29)25(26)27(18-22(3)4)23(5,6)20-28(25)13-9-10-14-28/h21-22H,9-20H2,1-8H3/q+2. The summed E-state index contributed by atoms with van der Waals surface area (Å²) < 4.78 is 2.69. The van der Waals surface area contributed by atoms with E-state index in [4.69, 9.17) is 0 Å². The molecule has 0 aromatic rings. The lowest BCUT2D eigenvalue weighted by Gasteiger charge is -2.59. The molecule has 0 saturated carbocycles. The monoisotopic (exact) mass is 406 g/mol. The molecule has 4 rings (SSSR count). The van der Waals surface area contributed by atoms with E-state index in [0.29, 0.717) is 11.5 Å². The Balaban J connectivity index is 2.00. The van der Waals surface area contributed by atoms with Gasteiger partial charge < -0.3 is 0 Å². The Morgan fingerprint density at radius 3 is 1.79 bits per heavy atom.